The van der Waals surface area contributed by atoms with Gasteiger partial charge in [0.15, 0.2) is 0 Å². The SMILES string of the molecule is NC1CC(C(=O)O)(c2ccc(Br)cc2O)C1. The summed E-state index contributed by atoms with van der Waals surface area (Å²) < 4.78 is 0.720. The number of nitrogens with two attached hydrogens (primary N) is 1. The van der Waals surface area contributed by atoms with Crippen molar-refractivity contribution in [3.63, 3.8) is 0 Å². The van der Waals surface area contributed by atoms with Crippen LogP contribution in [0.15, 0.2) is 22.7 Å². The molecule has 1 aliphatic carbocycles. The van der Waals surface area contributed by atoms with Gasteiger partial charge in [0.05, 0.1) is 5.41 Å². The molecule has 0 aliphatic heterocycles. The van der Waals surface area contributed by atoms with E-state index in [1.165, 1.54) is 6.07 Å². The Morgan fingerprint density at radius 1 is 1.50 bits per heavy atom. The zero-order valence-electron chi connectivity index (χ0n) is 8.48. The predicted molar refractivity (Wildman–Crippen MR) is 62.3 cm³/mol. The first kappa shape index (κ1) is 11.4. The first-order valence-corrected chi connectivity index (χ1v) is 5.73. The summed E-state index contributed by atoms with van der Waals surface area (Å²) in [6.07, 6.45) is 0.745. The molecule has 0 bridgehead atoms. The van der Waals surface area contributed by atoms with Gasteiger partial charge in [-0.1, -0.05) is 22.0 Å². The molecular weight excluding hydrogens is 274 g/mol. The van der Waals surface area contributed by atoms with Crippen LogP contribution in [0.1, 0.15) is 18.4 Å². The summed E-state index contributed by atoms with van der Waals surface area (Å²) in [5, 5.41) is 19.1. The summed E-state index contributed by atoms with van der Waals surface area (Å²) in [5.74, 6) is -0.921. The molecule has 0 saturated heterocycles. The number of phenols is 1. The van der Waals surface area contributed by atoms with Gasteiger partial charge in [-0.3, -0.25) is 4.79 Å². The van der Waals surface area contributed by atoms with Crippen LogP contribution in [-0.4, -0.2) is 22.2 Å². The Morgan fingerprint density at radius 3 is 2.56 bits per heavy atom. The lowest BCUT2D eigenvalue weighted by molar-refractivity contribution is -0.148. The molecule has 1 aromatic rings. The number of carboxylic acid groups (broad SMARTS) is 1. The third-order valence-corrected chi connectivity index (χ3v) is 3.60. The highest BCUT2D eigenvalue weighted by Gasteiger charge is 2.51. The second-order valence-corrected chi connectivity index (χ2v) is 5.13. The lowest BCUT2D eigenvalue weighted by atomic mass is 9.61. The van der Waals surface area contributed by atoms with E-state index in [9.17, 15) is 15.0 Å². The Bertz CT molecular complexity index is 441. The van der Waals surface area contributed by atoms with E-state index in [1.54, 1.807) is 12.1 Å². The number of carboxylic acids is 1. The van der Waals surface area contributed by atoms with Crippen molar-refractivity contribution in [3.05, 3.63) is 28.2 Å². The van der Waals surface area contributed by atoms with Crippen molar-refractivity contribution in [1.29, 1.82) is 0 Å². The summed E-state index contributed by atoms with van der Waals surface area (Å²) in [6, 6.07) is 4.77. The number of carbonyl (C=O) groups is 1. The highest BCUT2D eigenvalue weighted by atomic mass is 79.9. The number of rotatable bonds is 2. The largest absolute Gasteiger partial charge is 0.508 e. The molecule has 0 spiro atoms. The number of benzene rings is 1. The van der Waals surface area contributed by atoms with Gasteiger partial charge in [-0.15, -0.1) is 0 Å². The Hall–Kier alpha value is -1.07. The van der Waals surface area contributed by atoms with Crippen molar-refractivity contribution < 1.29 is 15.0 Å². The average molecular weight is 286 g/mol. The van der Waals surface area contributed by atoms with E-state index in [2.05, 4.69) is 15.9 Å². The summed E-state index contributed by atoms with van der Waals surface area (Å²) in [7, 11) is 0. The van der Waals surface area contributed by atoms with E-state index < -0.39 is 11.4 Å². The molecule has 1 aromatic carbocycles. The Kier molecular flexibility index (Phi) is 2.67. The molecule has 0 radical (unpaired) electrons. The van der Waals surface area contributed by atoms with Gasteiger partial charge in [0, 0.05) is 16.1 Å². The Balaban J connectivity index is 2.45. The zero-order valence-corrected chi connectivity index (χ0v) is 10.1. The number of phenolic OH excluding ortho intramolecular Hbond substituents is 1. The topological polar surface area (TPSA) is 83.6 Å². The van der Waals surface area contributed by atoms with Crippen LogP contribution in [0, 0.1) is 0 Å². The van der Waals surface area contributed by atoms with Gasteiger partial charge < -0.3 is 15.9 Å². The van der Waals surface area contributed by atoms with Crippen molar-refractivity contribution in [3.8, 4) is 5.75 Å². The van der Waals surface area contributed by atoms with Crippen LogP contribution < -0.4 is 5.73 Å². The first-order valence-electron chi connectivity index (χ1n) is 4.94. The fraction of sp³-hybridized carbons (Fsp3) is 0.364. The average Bonchev–Trinajstić information content (AvgIpc) is 2.12. The first-order chi connectivity index (χ1) is 7.45. The number of halogens is 1. The molecule has 4 N–H and O–H groups in total. The number of hydrogen-bond donors (Lipinski definition) is 3. The fourth-order valence-electron chi connectivity index (χ4n) is 2.25. The van der Waals surface area contributed by atoms with Gasteiger partial charge in [0.1, 0.15) is 5.75 Å². The molecule has 1 aliphatic rings. The van der Waals surface area contributed by atoms with Gasteiger partial charge in [-0.2, -0.15) is 0 Å². The maximum Gasteiger partial charge on any atom is 0.314 e. The van der Waals surface area contributed by atoms with Crippen LogP contribution in [0.3, 0.4) is 0 Å². The third kappa shape index (κ3) is 1.60. The van der Waals surface area contributed by atoms with Crippen molar-refractivity contribution in [2.75, 3.05) is 0 Å². The molecular formula is C11H12BrNO3. The molecule has 0 aromatic heterocycles. The molecule has 0 heterocycles. The van der Waals surface area contributed by atoms with Crippen LogP contribution in [-0.2, 0) is 10.2 Å². The Labute approximate surface area is 101 Å². The van der Waals surface area contributed by atoms with Crippen LogP contribution in [0.5, 0.6) is 5.75 Å². The van der Waals surface area contributed by atoms with Crippen LogP contribution in [0.4, 0.5) is 0 Å². The van der Waals surface area contributed by atoms with Crippen molar-refractivity contribution in [1.82, 2.24) is 0 Å². The monoisotopic (exact) mass is 285 g/mol. The zero-order chi connectivity index (χ0) is 11.9. The Morgan fingerprint density at radius 2 is 2.12 bits per heavy atom. The highest BCUT2D eigenvalue weighted by Crippen LogP contribution is 2.46. The smallest absolute Gasteiger partial charge is 0.314 e. The molecule has 0 unspecified atom stereocenters. The van der Waals surface area contributed by atoms with E-state index in [0.29, 0.717) is 18.4 Å². The normalized spacial score (nSPS) is 28.5. The van der Waals surface area contributed by atoms with Crippen molar-refractivity contribution >= 4 is 21.9 Å². The van der Waals surface area contributed by atoms with E-state index in [0.717, 1.165) is 4.47 Å². The summed E-state index contributed by atoms with van der Waals surface area (Å²) in [5.41, 5.74) is 5.09. The van der Waals surface area contributed by atoms with E-state index in [1.807, 2.05) is 0 Å². The maximum atomic E-state index is 11.3. The van der Waals surface area contributed by atoms with Gasteiger partial charge in [0.25, 0.3) is 0 Å². The molecule has 0 amide bonds. The van der Waals surface area contributed by atoms with Crippen molar-refractivity contribution in [2.24, 2.45) is 5.73 Å². The van der Waals surface area contributed by atoms with Gasteiger partial charge in [-0.25, -0.2) is 0 Å². The molecule has 5 heteroatoms. The molecule has 4 nitrogen and oxygen atoms in total. The fourth-order valence-corrected chi connectivity index (χ4v) is 2.60. The standard InChI is InChI=1S/C11H12BrNO3/c12-6-1-2-8(9(14)3-6)11(10(15)16)4-7(13)5-11/h1-3,7,14H,4-5,13H2,(H,15,16). The highest BCUT2D eigenvalue weighted by molar-refractivity contribution is 9.10. The molecule has 2 rings (SSSR count). The lowest BCUT2D eigenvalue weighted by Crippen LogP contribution is -2.54. The van der Waals surface area contributed by atoms with Crippen LogP contribution in [0.25, 0.3) is 0 Å². The maximum absolute atomic E-state index is 11.3. The quantitative estimate of drug-likeness (QED) is 0.771. The summed E-state index contributed by atoms with van der Waals surface area (Å²) in [6.45, 7) is 0. The minimum Gasteiger partial charge on any atom is -0.508 e. The number of aliphatic carboxylic acids is 1. The van der Waals surface area contributed by atoms with E-state index in [4.69, 9.17) is 5.73 Å². The molecule has 1 fully saturated rings. The minimum atomic E-state index is -1.01. The third-order valence-electron chi connectivity index (χ3n) is 3.11. The van der Waals surface area contributed by atoms with Gasteiger partial charge in [0.2, 0.25) is 0 Å². The van der Waals surface area contributed by atoms with Gasteiger partial charge >= 0.3 is 5.97 Å². The molecule has 1 saturated carbocycles. The number of hydrogen-bond acceptors (Lipinski definition) is 3. The van der Waals surface area contributed by atoms with Crippen LogP contribution >= 0.6 is 15.9 Å². The van der Waals surface area contributed by atoms with Gasteiger partial charge in [-0.05, 0) is 25.0 Å². The summed E-state index contributed by atoms with van der Waals surface area (Å²) >= 11 is 3.22. The lowest BCUT2D eigenvalue weighted by Gasteiger charge is -2.43. The second kappa shape index (κ2) is 3.75. The van der Waals surface area contributed by atoms with Crippen LogP contribution in [0.2, 0.25) is 0 Å². The van der Waals surface area contributed by atoms with E-state index >= 15 is 0 Å². The summed E-state index contributed by atoms with van der Waals surface area (Å²) in [4.78, 5) is 11.3. The number of aromatic hydroxyl groups is 1. The second-order valence-electron chi connectivity index (χ2n) is 4.22. The van der Waals surface area contributed by atoms with E-state index in [-0.39, 0.29) is 11.8 Å². The molecule has 16 heavy (non-hydrogen) atoms. The molecule has 86 valence electrons. The van der Waals surface area contributed by atoms with Crippen molar-refractivity contribution in [2.45, 2.75) is 24.3 Å². The predicted octanol–water partition coefficient (Wildman–Crippen LogP) is 1.60. The minimum absolute atomic E-state index is 0.00340. The molecule has 0 atom stereocenters.